The molecule has 0 bridgehead atoms. The third kappa shape index (κ3) is 4.16. The molecule has 0 spiro atoms. The lowest BCUT2D eigenvalue weighted by Crippen LogP contribution is -2.11. The molecule has 0 aliphatic carbocycles. The van der Waals surface area contributed by atoms with E-state index < -0.39 is 5.97 Å². The number of nitrogens with one attached hydrogen (secondary N) is 1. The number of halogens is 1. The Morgan fingerprint density at radius 1 is 1.06 bits per heavy atom. The smallest absolute Gasteiger partial charge is 0.376 e. The quantitative estimate of drug-likeness (QED) is 0.426. The Morgan fingerprint density at radius 2 is 1.84 bits per heavy atom. The predicted octanol–water partition coefficient (Wildman–Crippen LogP) is 4.74. The number of fused-ring (bicyclic) bond motifs is 1. The summed E-state index contributed by atoms with van der Waals surface area (Å²) in [5.74, 6) is -0.353. The zero-order chi connectivity index (χ0) is 21.8. The fraction of sp³-hybridized carbons (Fsp3) is 0.182. The number of hydrogen-bond donors (Lipinski definition) is 1. The Labute approximate surface area is 177 Å². The topological polar surface area (TPSA) is 99.4 Å². The number of ether oxygens (including phenoxy) is 2. The number of para-hydroxylation sites is 2. The number of carbonyl (C=O) groups is 1. The third-order valence-electron chi connectivity index (χ3n) is 4.35. The van der Waals surface area contributed by atoms with Crippen molar-refractivity contribution in [3.63, 3.8) is 0 Å². The largest absolute Gasteiger partial charge is 0.492 e. The number of esters is 1. The molecule has 9 heteroatoms. The van der Waals surface area contributed by atoms with Gasteiger partial charge in [-0.3, -0.25) is 0 Å². The summed E-state index contributed by atoms with van der Waals surface area (Å²) < 4.78 is 29.5. The molecule has 8 nitrogen and oxygen atoms in total. The molecule has 1 N–H and O–H groups in total. The lowest BCUT2D eigenvalue weighted by atomic mass is 10.1. The van der Waals surface area contributed by atoms with Gasteiger partial charge < -0.3 is 19.3 Å². The van der Waals surface area contributed by atoms with E-state index in [9.17, 15) is 9.18 Å². The Morgan fingerprint density at radius 3 is 2.58 bits per heavy atom. The number of hydrogen-bond acceptors (Lipinski definition) is 8. The summed E-state index contributed by atoms with van der Waals surface area (Å²) in [5.41, 5.74) is 1.73. The van der Waals surface area contributed by atoms with Gasteiger partial charge in [0.1, 0.15) is 28.5 Å². The Hall–Kier alpha value is -4.01. The Kier molecular flexibility index (Phi) is 5.74. The second kappa shape index (κ2) is 8.78. The highest BCUT2D eigenvalue weighted by Gasteiger charge is 2.23. The highest BCUT2D eigenvalue weighted by atomic mass is 19.1. The van der Waals surface area contributed by atoms with Gasteiger partial charge in [-0.1, -0.05) is 17.3 Å². The Bertz CT molecular complexity index is 1220. The summed E-state index contributed by atoms with van der Waals surface area (Å²) in [7, 11) is 0. The van der Waals surface area contributed by atoms with E-state index in [-0.39, 0.29) is 29.8 Å². The zero-order valence-corrected chi connectivity index (χ0v) is 16.9. The number of nitrogens with zero attached hydrogens (tertiary/aromatic N) is 3. The molecule has 0 atom stereocenters. The van der Waals surface area contributed by atoms with Crippen LogP contribution in [0.4, 0.5) is 15.9 Å². The second-order valence-corrected chi connectivity index (χ2v) is 6.39. The van der Waals surface area contributed by atoms with Gasteiger partial charge in [0.25, 0.3) is 5.71 Å². The van der Waals surface area contributed by atoms with Crippen LogP contribution in [-0.2, 0) is 4.74 Å². The molecule has 0 aliphatic rings. The maximum absolute atomic E-state index is 13.4. The number of carbonyl (C=O) groups excluding carboxylic acids is 1. The van der Waals surface area contributed by atoms with Crippen LogP contribution in [0.25, 0.3) is 22.4 Å². The van der Waals surface area contributed by atoms with E-state index >= 15 is 0 Å². The molecule has 0 unspecified atom stereocenters. The molecule has 2 aromatic heterocycles. The van der Waals surface area contributed by atoms with Crippen molar-refractivity contribution in [3.05, 3.63) is 60.2 Å². The first-order chi connectivity index (χ1) is 15.1. The van der Waals surface area contributed by atoms with E-state index in [4.69, 9.17) is 14.0 Å². The third-order valence-corrected chi connectivity index (χ3v) is 4.35. The SMILES string of the molecule is CCOC(=O)c1nc(Nc2ccccc2OCC)c2c(-c3ccc(F)cc3)noc2n1. The molecule has 2 heterocycles. The van der Waals surface area contributed by atoms with Crippen molar-refractivity contribution in [2.75, 3.05) is 18.5 Å². The molecule has 31 heavy (non-hydrogen) atoms. The van der Waals surface area contributed by atoms with E-state index in [1.807, 2.05) is 31.2 Å². The monoisotopic (exact) mass is 422 g/mol. The van der Waals surface area contributed by atoms with Crippen LogP contribution in [0.5, 0.6) is 5.75 Å². The van der Waals surface area contributed by atoms with Gasteiger partial charge in [-0.2, -0.15) is 4.98 Å². The minimum Gasteiger partial charge on any atom is -0.492 e. The zero-order valence-electron chi connectivity index (χ0n) is 16.9. The lowest BCUT2D eigenvalue weighted by Gasteiger charge is -2.13. The van der Waals surface area contributed by atoms with Crippen LogP contribution in [0, 0.1) is 5.82 Å². The van der Waals surface area contributed by atoms with E-state index in [1.54, 1.807) is 19.1 Å². The standard InChI is InChI=1S/C22H19FN4O4/c1-3-29-16-8-6-5-7-15(16)24-19-17-18(13-9-11-14(23)12-10-13)27-31-21(17)26-20(25-19)22(28)30-4-2/h5-12H,3-4H2,1-2H3,(H,24,25,26). The first-order valence-corrected chi connectivity index (χ1v) is 9.70. The van der Waals surface area contributed by atoms with E-state index in [0.717, 1.165) is 0 Å². The Balaban J connectivity index is 1.88. The maximum Gasteiger partial charge on any atom is 0.376 e. The highest BCUT2D eigenvalue weighted by Crippen LogP contribution is 2.35. The van der Waals surface area contributed by atoms with Crippen molar-refractivity contribution in [1.82, 2.24) is 15.1 Å². The summed E-state index contributed by atoms with van der Waals surface area (Å²) in [5, 5.41) is 7.70. The second-order valence-electron chi connectivity index (χ2n) is 6.39. The number of anilines is 2. The van der Waals surface area contributed by atoms with Gasteiger partial charge >= 0.3 is 5.97 Å². The van der Waals surface area contributed by atoms with Crippen LogP contribution in [0.3, 0.4) is 0 Å². The maximum atomic E-state index is 13.4. The molecule has 4 rings (SSSR count). The number of aromatic nitrogens is 3. The van der Waals surface area contributed by atoms with Crippen LogP contribution in [-0.4, -0.2) is 34.3 Å². The summed E-state index contributed by atoms with van der Waals surface area (Å²) >= 11 is 0. The van der Waals surface area contributed by atoms with Gasteiger partial charge in [0.05, 0.1) is 18.9 Å². The molecule has 0 amide bonds. The molecule has 0 saturated heterocycles. The van der Waals surface area contributed by atoms with Gasteiger partial charge in [0.2, 0.25) is 5.82 Å². The molecule has 0 saturated carbocycles. The first-order valence-electron chi connectivity index (χ1n) is 9.70. The summed E-state index contributed by atoms with van der Waals surface area (Å²) in [4.78, 5) is 20.8. The van der Waals surface area contributed by atoms with E-state index in [2.05, 4.69) is 20.4 Å². The normalized spacial score (nSPS) is 10.8. The van der Waals surface area contributed by atoms with Crippen LogP contribution in [0.15, 0.2) is 53.1 Å². The summed E-state index contributed by atoms with van der Waals surface area (Å²) in [6, 6.07) is 13.1. The van der Waals surface area contributed by atoms with Gasteiger partial charge in [-0.05, 0) is 50.2 Å². The molecule has 158 valence electrons. The molecular weight excluding hydrogens is 403 g/mol. The fourth-order valence-corrected chi connectivity index (χ4v) is 3.02. The van der Waals surface area contributed by atoms with Crippen LogP contribution < -0.4 is 10.1 Å². The van der Waals surface area contributed by atoms with Crippen LogP contribution in [0.2, 0.25) is 0 Å². The van der Waals surface area contributed by atoms with E-state index in [0.29, 0.717) is 34.7 Å². The molecule has 2 aromatic carbocycles. The first kappa shape index (κ1) is 20.3. The number of benzene rings is 2. The number of rotatable bonds is 7. The molecule has 4 aromatic rings. The lowest BCUT2D eigenvalue weighted by molar-refractivity contribution is 0.0512. The average Bonchev–Trinajstić information content (AvgIpc) is 3.20. The molecule has 0 fully saturated rings. The fourth-order valence-electron chi connectivity index (χ4n) is 3.02. The summed E-state index contributed by atoms with van der Waals surface area (Å²) in [6.07, 6.45) is 0. The predicted molar refractivity (Wildman–Crippen MR) is 112 cm³/mol. The van der Waals surface area contributed by atoms with Crippen LogP contribution >= 0.6 is 0 Å². The van der Waals surface area contributed by atoms with Crippen molar-refractivity contribution < 1.29 is 23.2 Å². The molecule has 0 aliphatic heterocycles. The van der Waals surface area contributed by atoms with Crippen molar-refractivity contribution >= 4 is 28.6 Å². The van der Waals surface area contributed by atoms with Gasteiger partial charge in [0.15, 0.2) is 0 Å². The van der Waals surface area contributed by atoms with E-state index in [1.165, 1.54) is 12.1 Å². The minimum absolute atomic E-state index is 0.0915. The van der Waals surface area contributed by atoms with Crippen molar-refractivity contribution in [3.8, 4) is 17.0 Å². The molecule has 0 radical (unpaired) electrons. The minimum atomic E-state index is -0.690. The van der Waals surface area contributed by atoms with Crippen LogP contribution in [0.1, 0.15) is 24.5 Å². The van der Waals surface area contributed by atoms with Gasteiger partial charge in [-0.15, -0.1) is 0 Å². The summed E-state index contributed by atoms with van der Waals surface area (Å²) in [6.45, 7) is 4.22. The highest BCUT2D eigenvalue weighted by molar-refractivity contribution is 6.01. The van der Waals surface area contributed by atoms with Gasteiger partial charge in [0, 0.05) is 5.56 Å². The van der Waals surface area contributed by atoms with Crippen molar-refractivity contribution in [1.29, 1.82) is 0 Å². The van der Waals surface area contributed by atoms with Crippen molar-refractivity contribution in [2.24, 2.45) is 0 Å². The van der Waals surface area contributed by atoms with Crippen molar-refractivity contribution in [2.45, 2.75) is 13.8 Å². The molecular formula is C22H19FN4O4. The average molecular weight is 422 g/mol. The van der Waals surface area contributed by atoms with Gasteiger partial charge in [-0.25, -0.2) is 14.2 Å².